The summed E-state index contributed by atoms with van der Waals surface area (Å²) >= 11 is 0. The van der Waals surface area contributed by atoms with E-state index >= 15 is 0 Å². The minimum absolute atomic E-state index is 0.0298. The highest BCUT2D eigenvalue weighted by Gasteiger charge is 2.35. The molecule has 1 aromatic rings. The second kappa shape index (κ2) is 5.94. The molecule has 2 unspecified atom stereocenters. The molecule has 0 radical (unpaired) electrons. The lowest BCUT2D eigenvalue weighted by atomic mass is 10.0. The van der Waals surface area contributed by atoms with E-state index < -0.39 is 11.7 Å². The first kappa shape index (κ1) is 15.6. The lowest BCUT2D eigenvalue weighted by Crippen LogP contribution is -2.48. The minimum atomic E-state index is -4.53. The number of anilines is 1. The highest BCUT2D eigenvalue weighted by molar-refractivity contribution is 5.55. The standard InChI is InChI=1S/C15H17F3N2O/c1-3-12-9-21-10(2)8-20(12)13-5-4-11(7-19)14(6-13)15(16,17)18/h4-6,10,12H,3,8-9H2,1-2H3. The molecule has 0 N–H and O–H groups in total. The van der Waals surface area contributed by atoms with E-state index in [0.717, 1.165) is 12.5 Å². The van der Waals surface area contributed by atoms with Crippen LogP contribution in [0, 0.1) is 11.3 Å². The van der Waals surface area contributed by atoms with Crippen LogP contribution in [-0.2, 0) is 10.9 Å². The molecule has 1 heterocycles. The fourth-order valence-corrected chi connectivity index (χ4v) is 2.54. The molecule has 6 heteroatoms. The van der Waals surface area contributed by atoms with Crippen molar-refractivity contribution in [2.75, 3.05) is 18.1 Å². The number of rotatable bonds is 2. The topological polar surface area (TPSA) is 36.3 Å². The first-order valence-corrected chi connectivity index (χ1v) is 6.86. The summed E-state index contributed by atoms with van der Waals surface area (Å²) in [5, 5.41) is 8.84. The van der Waals surface area contributed by atoms with Crippen LogP contribution < -0.4 is 4.90 Å². The van der Waals surface area contributed by atoms with Crippen LogP contribution in [-0.4, -0.2) is 25.3 Å². The molecule has 1 aliphatic heterocycles. The predicted octanol–water partition coefficient (Wildman–Crippen LogP) is 3.58. The van der Waals surface area contributed by atoms with Gasteiger partial charge in [-0.3, -0.25) is 0 Å². The lowest BCUT2D eigenvalue weighted by Gasteiger charge is -2.40. The van der Waals surface area contributed by atoms with Crippen molar-refractivity contribution in [2.45, 2.75) is 38.6 Å². The third-order valence-electron chi connectivity index (χ3n) is 3.70. The lowest BCUT2D eigenvalue weighted by molar-refractivity contribution is -0.137. The Balaban J connectivity index is 2.42. The average molecular weight is 298 g/mol. The number of nitrogens with zero attached hydrogens (tertiary/aromatic N) is 2. The van der Waals surface area contributed by atoms with E-state index in [-0.39, 0.29) is 17.7 Å². The molecule has 0 bridgehead atoms. The van der Waals surface area contributed by atoms with Gasteiger partial charge in [-0.15, -0.1) is 0 Å². The van der Waals surface area contributed by atoms with Crippen LogP contribution in [0.3, 0.4) is 0 Å². The average Bonchev–Trinajstić information content (AvgIpc) is 2.45. The Bertz CT molecular complexity index is 551. The van der Waals surface area contributed by atoms with Crippen molar-refractivity contribution in [1.82, 2.24) is 0 Å². The third-order valence-corrected chi connectivity index (χ3v) is 3.70. The van der Waals surface area contributed by atoms with E-state index in [0.29, 0.717) is 18.8 Å². The molecule has 1 aromatic carbocycles. The van der Waals surface area contributed by atoms with Gasteiger partial charge in [0.1, 0.15) is 0 Å². The van der Waals surface area contributed by atoms with Crippen molar-refractivity contribution < 1.29 is 17.9 Å². The molecule has 114 valence electrons. The van der Waals surface area contributed by atoms with Gasteiger partial charge in [-0.25, -0.2) is 0 Å². The fourth-order valence-electron chi connectivity index (χ4n) is 2.54. The van der Waals surface area contributed by atoms with Gasteiger partial charge in [-0.2, -0.15) is 18.4 Å². The van der Waals surface area contributed by atoms with Crippen molar-refractivity contribution >= 4 is 5.69 Å². The van der Waals surface area contributed by atoms with Crippen molar-refractivity contribution in [3.05, 3.63) is 29.3 Å². The maximum Gasteiger partial charge on any atom is 0.417 e. The number of benzene rings is 1. The zero-order chi connectivity index (χ0) is 15.6. The molecule has 0 aliphatic carbocycles. The molecule has 0 aromatic heterocycles. The molecule has 21 heavy (non-hydrogen) atoms. The molecule has 1 fully saturated rings. The van der Waals surface area contributed by atoms with Gasteiger partial charge in [0.05, 0.1) is 35.9 Å². The van der Waals surface area contributed by atoms with Gasteiger partial charge in [0.2, 0.25) is 0 Å². The summed E-state index contributed by atoms with van der Waals surface area (Å²) < 4.78 is 44.7. The van der Waals surface area contributed by atoms with Gasteiger partial charge in [-0.05, 0) is 31.5 Å². The van der Waals surface area contributed by atoms with Crippen LogP contribution in [0.1, 0.15) is 31.4 Å². The van der Waals surface area contributed by atoms with E-state index in [1.807, 2.05) is 18.7 Å². The van der Waals surface area contributed by atoms with E-state index in [1.165, 1.54) is 6.07 Å². The van der Waals surface area contributed by atoms with E-state index in [4.69, 9.17) is 10.00 Å². The zero-order valence-corrected chi connectivity index (χ0v) is 11.9. The zero-order valence-electron chi connectivity index (χ0n) is 11.9. The summed E-state index contributed by atoms with van der Waals surface area (Å²) in [5.74, 6) is 0. The van der Waals surface area contributed by atoms with Gasteiger partial charge < -0.3 is 9.64 Å². The highest BCUT2D eigenvalue weighted by atomic mass is 19.4. The summed E-state index contributed by atoms with van der Waals surface area (Å²) in [7, 11) is 0. The molecule has 2 atom stereocenters. The molecular formula is C15H17F3N2O. The largest absolute Gasteiger partial charge is 0.417 e. The Morgan fingerprint density at radius 3 is 2.71 bits per heavy atom. The Hall–Kier alpha value is -1.74. The first-order chi connectivity index (χ1) is 9.86. The Labute approximate surface area is 121 Å². The van der Waals surface area contributed by atoms with Crippen LogP contribution in [0.25, 0.3) is 0 Å². The maximum atomic E-state index is 13.0. The third kappa shape index (κ3) is 3.30. The Kier molecular flexibility index (Phi) is 4.43. The van der Waals surface area contributed by atoms with Crippen molar-refractivity contribution in [3.8, 4) is 6.07 Å². The monoisotopic (exact) mass is 298 g/mol. The molecule has 0 saturated carbocycles. The summed E-state index contributed by atoms with van der Waals surface area (Å²) in [6, 6.07) is 5.54. The minimum Gasteiger partial charge on any atom is -0.375 e. The van der Waals surface area contributed by atoms with Gasteiger partial charge in [-0.1, -0.05) is 6.92 Å². The van der Waals surface area contributed by atoms with E-state index in [9.17, 15) is 13.2 Å². The number of morpholine rings is 1. The summed E-state index contributed by atoms with van der Waals surface area (Å²) in [6.45, 7) is 4.92. The van der Waals surface area contributed by atoms with Crippen molar-refractivity contribution in [3.63, 3.8) is 0 Å². The molecule has 1 saturated heterocycles. The fraction of sp³-hybridized carbons (Fsp3) is 0.533. The SMILES string of the molecule is CCC1COC(C)CN1c1ccc(C#N)c(C(F)(F)F)c1. The summed E-state index contributed by atoms with van der Waals surface area (Å²) in [5.41, 5.74) is -0.736. The molecular weight excluding hydrogens is 281 g/mol. The van der Waals surface area contributed by atoms with Gasteiger partial charge in [0.25, 0.3) is 0 Å². The highest BCUT2D eigenvalue weighted by Crippen LogP contribution is 2.35. The quantitative estimate of drug-likeness (QED) is 0.837. The van der Waals surface area contributed by atoms with Crippen LogP contribution in [0.5, 0.6) is 0 Å². The van der Waals surface area contributed by atoms with Gasteiger partial charge in [0, 0.05) is 12.2 Å². The van der Waals surface area contributed by atoms with Crippen LogP contribution in [0.15, 0.2) is 18.2 Å². The molecule has 2 rings (SSSR count). The maximum absolute atomic E-state index is 13.0. The van der Waals surface area contributed by atoms with Crippen LogP contribution in [0.4, 0.5) is 18.9 Å². The first-order valence-electron chi connectivity index (χ1n) is 6.86. The van der Waals surface area contributed by atoms with Crippen LogP contribution in [0.2, 0.25) is 0 Å². The number of alkyl halides is 3. The Morgan fingerprint density at radius 2 is 2.14 bits per heavy atom. The molecule has 1 aliphatic rings. The molecule has 0 spiro atoms. The molecule has 0 amide bonds. The Morgan fingerprint density at radius 1 is 1.43 bits per heavy atom. The summed E-state index contributed by atoms with van der Waals surface area (Å²) in [6.07, 6.45) is -3.77. The number of ether oxygens (including phenoxy) is 1. The normalized spacial score (nSPS) is 23.0. The predicted molar refractivity (Wildman–Crippen MR) is 73.0 cm³/mol. The smallest absolute Gasteiger partial charge is 0.375 e. The number of halogens is 3. The second-order valence-corrected chi connectivity index (χ2v) is 5.20. The van der Waals surface area contributed by atoms with E-state index in [2.05, 4.69) is 0 Å². The van der Waals surface area contributed by atoms with Gasteiger partial charge >= 0.3 is 6.18 Å². The molecule has 3 nitrogen and oxygen atoms in total. The van der Waals surface area contributed by atoms with Gasteiger partial charge in [0.15, 0.2) is 0 Å². The number of nitriles is 1. The van der Waals surface area contributed by atoms with Crippen molar-refractivity contribution in [2.24, 2.45) is 0 Å². The van der Waals surface area contributed by atoms with Crippen LogP contribution >= 0.6 is 0 Å². The van der Waals surface area contributed by atoms with E-state index in [1.54, 1.807) is 12.1 Å². The van der Waals surface area contributed by atoms with Crippen molar-refractivity contribution in [1.29, 1.82) is 5.26 Å². The summed E-state index contributed by atoms with van der Waals surface area (Å²) in [4.78, 5) is 1.94. The second-order valence-electron chi connectivity index (χ2n) is 5.20. The number of hydrogen-bond donors (Lipinski definition) is 0. The number of hydrogen-bond acceptors (Lipinski definition) is 3.